The zero-order valence-electron chi connectivity index (χ0n) is 11.7. The molecule has 0 bridgehead atoms. The number of carbonyl (C=O) groups excluding carboxylic acids is 1. The number of amides is 1. The Balaban J connectivity index is 1.71. The van der Waals surface area contributed by atoms with E-state index in [1.165, 1.54) is 5.56 Å². The van der Waals surface area contributed by atoms with Crippen LogP contribution < -0.4 is 0 Å². The fourth-order valence-electron chi connectivity index (χ4n) is 2.81. The lowest BCUT2D eigenvalue weighted by atomic mass is 9.99. The first-order valence-corrected chi connectivity index (χ1v) is 7.12. The van der Waals surface area contributed by atoms with Gasteiger partial charge in [-0.25, -0.2) is 0 Å². The minimum absolute atomic E-state index is 0.0536. The monoisotopic (exact) mass is 276 g/mol. The molecule has 2 aromatic carbocycles. The van der Waals surface area contributed by atoms with Crippen molar-refractivity contribution in [1.82, 2.24) is 4.90 Å². The molecule has 3 rings (SSSR count). The molecule has 0 spiro atoms. The van der Waals surface area contributed by atoms with E-state index in [0.29, 0.717) is 17.0 Å². The molecule has 1 amide bonds. The number of hydrogen-bond donors (Lipinski definition) is 0. The summed E-state index contributed by atoms with van der Waals surface area (Å²) >= 11 is 0. The third-order valence-electron chi connectivity index (χ3n) is 4.01. The number of likely N-dealkylation sites (tertiary alicyclic amines) is 1. The standard InChI is InChI=1S/C18H16N2O/c19-12-14-6-8-16(9-7-14)18(21)20-11-10-17(13-20)15-4-2-1-3-5-15/h1-9,17H,10-11,13H2. The number of nitrogens with zero attached hydrogens (tertiary/aromatic N) is 2. The second-order valence-corrected chi connectivity index (χ2v) is 5.34. The van der Waals surface area contributed by atoms with Crippen molar-refractivity contribution in [2.24, 2.45) is 0 Å². The Labute approximate surface area is 124 Å². The van der Waals surface area contributed by atoms with E-state index >= 15 is 0 Å². The maximum Gasteiger partial charge on any atom is 0.253 e. The molecular weight excluding hydrogens is 260 g/mol. The second kappa shape index (κ2) is 5.80. The van der Waals surface area contributed by atoms with Gasteiger partial charge >= 0.3 is 0 Å². The first-order valence-electron chi connectivity index (χ1n) is 7.12. The summed E-state index contributed by atoms with van der Waals surface area (Å²) in [6, 6.07) is 19.3. The summed E-state index contributed by atoms with van der Waals surface area (Å²) in [5, 5.41) is 8.79. The quantitative estimate of drug-likeness (QED) is 0.845. The van der Waals surface area contributed by atoms with Gasteiger partial charge in [0.15, 0.2) is 0 Å². The summed E-state index contributed by atoms with van der Waals surface area (Å²) in [4.78, 5) is 14.4. The van der Waals surface area contributed by atoms with Crippen LogP contribution in [0, 0.1) is 11.3 Å². The van der Waals surface area contributed by atoms with Crippen LogP contribution in [0.4, 0.5) is 0 Å². The molecule has 1 aliphatic rings. The summed E-state index contributed by atoms with van der Waals surface area (Å²) in [7, 11) is 0. The van der Waals surface area contributed by atoms with Crippen LogP contribution in [0.5, 0.6) is 0 Å². The predicted octanol–water partition coefficient (Wildman–Crippen LogP) is 3.19. The Morgan fingerprint density at radius 2 is 1.81 bits per heavy atom. The van der Waals surface area contributed by atoms with Gasteiger partial charge in [-0.1, -0.05) is 30.3 Å². The van der Waals surface area contributed by atoms with Crippen LogP contribution in [-0.4, -0.2) is 23.9 Å². The highest BCUT2D eigenvalue weighted by atomic mass is 16.2. The molecule has 1 heterocycles. The van der Waals surface area contributed by atoms with Gasteiger partial charge in [0.1, 0.15) is 0 Å². The minimum atomic E-state index is 0.0536. The van der Waals surface area contributed by atoms with Crippen molar-refractivity contribution in [3.8, 4) is 6.07 Å². The third kappa shape index (κ3) is 2.80. The van der Waals surface area contributed by atoms with Crippen molar-refractivity contribution in [3.05, 3.63) is 71.3 Å². The smallest absolute Gasteiger partial charge is 0.253 e. The zero-order valence-corrected chi connectivity index (χ0v) is 11.7. The molecule has 1 aliphatic heterocycles. The lowest BCUT2D eigenvalue weighted by molar-refractivity contribution is 0.0791. The van der Waals surface area contributed by atoms with Crippen molar-refractivity contribution < 1.29 is 4.79 Å². The molecule has 1 atom stereocenters. The van der Waals surface area contributed by atoms with E-state index in [2.05, 4.69) is 18.2 Å². The molecule has 3 nitrogen and oxygen atoms in total. The van der Waals surface area contributed by atoms with Gasteiger partial charge in [-0.2, -0.15) is 5.26 Å². The number of benzene rings is 2. The van der Waals surface area contributed by atoms with Gasteiger partial charge in [-0.05, 0) is 36.2 Å². The maximum absolute atomic E-state index is 12.5. The Morgan fingerprint density at radius 1 is 1.10 bits per heavy atom. The fraction of sp³-hybridized carbons (Fsp3) is 0.222. The van der Waals surface area contributed by atoms with Crippen molar-refractivity contribution in [2.45, 2.75) is 12.3 Å². The lowest BCUT2D eigenvalue weighted by Crippen LogP contribution is -2.28. The summed E-state index contributed by atoms with van der Waals surface area (Å²) < 4.78 is 0. The minimum Gasteiger partial charge on any atom is -0.338 e. The lowest BCUT2D eigenvalue weighted by Gasteiger charge is -2.17. The normalized spacial score (nSPS) is 17.5. The molecule has 0 radical (unpaired) electrons. The maximum atomic E-state index is 12.5. The van der Waals surface area contributed by atoms with E-state index < -0.39 is 0 Å². The van der Waals surface area contributed by atoms with Gasteiger partial charge in [0.05, 0.1) is 11.6 Å². The van der Waals surface area contributed by atoms with E-state index in [4.69, 9.17) is 5.26 Å². The Morgan fingerprint density at radius 3 is 2.48 bits per heavy atom. The van der Waals surface area contributed by atoms with Gasteiger partial charge in [0, 0.05) is 24.6 Å². The van der Waals surface area contributed by atoms with Crippen molar-refractivity contribution in [2.75, 3.05) is 13.1 Å². The molecule has 21 heavy (non-hydrogen) atoms. The molecule has 104 valence electrons. The molecule has 0 aliphatic carbocycles. The van der Waals surface area contributed by atoms with Gasteiger partial charge in [0.2, 0.25) is 0 Å². The van der Waals surface area contributed by atoms with Crippen LogP contribution in [0.15, 0.2) is 54.6 Å². The van der Waals surface area contributed by atoms with Crippen LogP contribution in [0.1, 0.15) is 33.8 Å². The molecule has 1 unspecified atom stereocenters. The summed E-state index contributed by atoms with van der Waals surface area (Å²) in [6.45, 7) is 1.56. The molecule has 0 N–H and O–H groups in total. The van der Waals surface area contributed by atoms with E-state index in [0.717, 1.165) is 19.5 Å². The van der Waals surface area contributed by atoms with Crippen LogP contribution in [0.2, 0.25) is 0 Å². The second-order valence-electron chi connectivity index (χ2n) is 5.34. The average Bonchev–Trinajstić information content (AvgIpc) is 3.05. The van der Waals surface area contributed by atoms with Crippen LogP contribution >= 0.6 is 0 Å². The van der Waals surface area contributed by atoms with E-state index in [9.17, 15) is 4.79 Å². The molecule has 2 aromatic rings. The zero-order chi connectivity index (χ0) is 14.7. The Kier molecular flexibility index (Phi) is 3.70. The highest BCUT2D eigenvalue weighted by Gasteiger charge is 2.27. The summed E-state index contributed by atoms with van der Waals surface area (Å²) in [6.07, 6.45) is 1.01. The van der Waals surface area contributed by atoms with E-state index in [-0.39, 0.29) is 5.91 Å². The van der Waals surface area contributed by atoms with Crippen LogP contribution in [-0.2, 0) is 0 Å². The molecule has 0 saturated carbocycles. The van der Waals surface area contributed by atoms with Gasteiger partial charge in [-0.3, -0.25) is 4.79 Å². The first-order chi connectivity index (χ1) is 10.3. The number of hydrogen-bond acceptors (Lipinski definition) is 2. The van der Waals surface area contributed by atoms with Crippen LogP contribution in [0.3, 0.4) is 0 Å². The molecule has 0 aromatic heterocycles. The number of rotatable bonds is 2. The molecular formula is C18H16N2O. The topological polar surface area (TPSA) is 44.1 Å². The van der Waals surface area contributed by atoms with Crippen LogP contribution in [0.25, 0.3) is 0 Å². The predicted molar refractivity (Wildman–Crippen MR) is 80.9 cm³/mol. The molecule has 3 heteroatoms. The largest absolute Gasteiger partial charge is 0.338 e. The fourth-order valence-corrected chi connectivity index (χ4v) is 2.81. The van der Waals surface area contributed by atoms with Crippen molar-refractivity contribution >= 4 is 5.91 Å². The average molecular weight is 276 g/mol. The highest BCUT2D eigenvalue weighted by molar-refractivity contribution is 5.94. The highest BCUT2D eigenvalue weighted by Crippen LogP contribution is 2.27. The van der Waals surface area contributed by atoms with Gasteiger partial charge < -0.3 is 4.90 Å². The van der Waals surface area contributed by atoms with E-state index in [1.54, 1.807) is 24.3 Å². The van der Waals surface area contributed by atoms with Crippen molar-refractivity contribution in [3.63, 3.8) is 0 Å². The first kappa shape index (κ1) is 13.4. The summed E-state index contributed by atoms with van der Waals surface area (Å²) in [5.41, 5.74) is 2.53. The van der Waals surface area contributed by atoms with E-state index in [1.807, 2.05) is 23.1 Å². The summed E-state index contributed by atoms with van der Waals surface area (Å²) in [5.74, 6) is 0.478. The number of nitriles is 1. The third-order valence-corrected chi connectivity index (χ3v) is 4.01. The molecule has 1 saturated heterocycles. The number of carbonyl (C=O) groups is 1. The molecule has 1 fully saturated rings. The SMILES string of the molecule is N#Cc1ccc(C(=O)N2CCC(c3ccccc3)C2)cc1. The Hall–Kier alpha value is -2.60. The van der Waals surface area contributed by atoms with Gasteiger partial charge in [-0.15, -0.1) is 0 Å². The Bertz CT molecular complexity index is 671. The van der Waals surface area contributed by atoms with Gasteiger partial charge in [0.25, 0.3) is 5.91 Å². The van der Waals surface area contributed by atoms with Crippen molar-refractivity contribution in [1.29, 1.82) is 5.26 Å².